The molecule has 0 bridgehead atoms. The molecule has 1 atom stereocenters. The minimum Gasteiger partial charge on any atom is -0.735 e. The molecule has 1 rings (SSSR count). The van der Waals surface area contributed by atoms with Crippen LogP contribution in [-0.4, -0.2) is 48.7 Å². The maximum Gasteiger partial charge on any atom is 0.161 e. The van der Waals surface area contributed by atoms with Crippen LogP contribution in [0.4, 0.5) is 0 Å². The lowest BCUT2D eigenvalue weighted by Crippen LogP contribution is -2.36. The Bertz CT molecular complexity index is 476. The Morgan fingerprint density at radius 2 is 2.00 bits per heavy atom. The van der Waals surface area contributed by atoms with Gasteiger partial charge in [-0.2, -0.15) is 0 Å². The van der Waals surface area contributed by atoms with E-state index in [1.807, 2.05) is 0 Å². The van der Waals surface area contributed by atoms with Crippen LogP contribution in [0.3, 0.4) is 0 Å². The fourth-order valence-corrected chi connectivity index (χ4v) is 1.78. The first-order valence-corrected chi connectivity index (χ1v) is 7.18. The third-order valence-corrected chi connectivity index (χ3v) is 3.55. The molecule has 1 unspecified atom stereocenters. The average molecular weight is 339 g/mol. The molecule has 0 saturated carbocycles. The number of aliphatic hydroxyl groups is 1. The minimum absolute atomic E-state index is 0.0957. The van der Waals surface area contributed by atoms with Crippen molar-refractivity contribution in [2.24, 2.45) is 0 Å². The number of rotatable bonds is 6. The van der Waals surface area contributed by atoms with Gasteiger partial charge in [0.1, 0.15) is 18.5 Å². The lowest BCUT2D eigenvalue weighted by atomic mass is 10.3. The van der Waals surface area contributed by atoms with Crippen molar-refractivity contribution < 1.29 is 22.8 Å². The number of likely N-dealkylation sites (N-methyl/N-ethyl adjacent to an activating group) is 1. The van der Waals surface area contributed by atoms with E-state index in [1.165, 1.54) is 0 Å². The highest BCUT2D eigenvalue weighted by atomic mass is 79.9. The number of aliphatic hydroxyl groups excluding tert-OH is 1. The molecule has 1 aromatic rings. The standard InChI is InChI=1S/C10H14BrNO5S/c1-12(18(14,15)16)6-9(13)7-17-10-4-2-8(11)3-5-10/h2-5,9,13H,6-7H2,1H3,(H,14,15,16)/p-1. The highest BCUT2D eigenvalue weighted by molar-refractivity contribution is 9.10. The molecule has 0 amide bonds. The van der Waals surface area contributed by atoms with Gasteiger partial charge in [0.15, 0.2) is 10.3 Å². The van der Waals surface area contributed by atoms with Gasteiger partial charge in [0.2, 0.25) is 0 Å². The zero-order valence-electron chi connectivity index (χ0n) is 9.61. The Morgan fingerprint density at radius 3 is 2.50 bits per heavy atom. The summed E-state index contributed by atoms with van der Waals surface area (Å²) >= 11 is 3.27. The monoisotopic (exact) mass is 338 g/mol. The van der Waals surface area contributed by atoms with E-state index < -0.39 is 16.4 Å². The maximum absolute atomic E-state index is 10.6. The van der Waals surface area contributed by atoms with E-state index >= 15 is 0 Å². The van der Waals surface area contributed by atoms with Crippen LogP contribution in [0.1, 0.15) is 0 Å². The summed E-state index contributed by atoms with van der Waals surface area (Å²) in [5.74, 6) is 0.546. The molecule has 0 aromatic heterocycles. The van der Waals surface area contributed by atoms with E-state index in [0.717, 1.165) is 11.5 Å². The lowest BCUT2D eigenvalue weighted by Gasteiger charge is -2.22. The van der Waals surface area contributed by atoms with E-state index in [4.69, 9.17) is 4.74 Å². The molecule has 0 fully saturated rings. The van der Waals surface area contributed by atoms with E-state index in [2.05, 4.69) is 15.9 Å². The van der Waals surface area contributed by atoms with Crippen LogP contribution in [-0.2, 0) is 10.3 Å². The predicted octanol–water partition coefficient (Wildman–Crippen LogP) is 0.581. The molecule has 0 heterocycles. The van der Waals surface area contributed by atoms with Crippen molar-refractivity contribution in [2.75, 3.05) is 20.2 Å². The summed E-state index contributed by atoms with van der Waals surface area (Å²) in [6.45, 7) is -0.399. The molecule has 0 aliphatic carbocycles. The Labute approximate surface area is 114 Å². The third kappa shape index (κ3) is 5.32. The Balaban J connectivity index is 2.42. The van der Waals surface area contributed by atoms with Crippen LogP contribution in [0.25, 0.3) is 0 Å². The topological polar surface area (TPSA) is 89.9 Å². The molecule has 8 heteroatoms. The number of hydrogen-bond donors (Lipinski definition) is 1. The first kappa shape index (κ1) is 15.4. The number of halogens is 1. The second kappa shape index (κ2) is 6.48. The molecule has 0 saturated heterocycles. The second-order valence-electron chi connectivity index (χ2n) is 3.66. The molecular weight excluding hydrogens is 326 g/mol. The Morgan fingerprint density at radius 1 is 1.44 bits per heavy atom. The van der Waals surface area contributed by atoms with E-state index in [0.29, 0.717) is 10.1 Å². The lowest BCUT2D eigenvalue weighted by molar-refractivity contribution is 0.0915. The maximum atomic E-state index is 10.6. The van der Waals surface area contributed by atoms with Crippen LogP contribution in [0.15, 0.2) is 28.7 Å². The van der Waals surface area contributed by atoms with Crippen LogP contribution >= 0.6 is 15.9 Å². The summed E-state index contributed by atoms with van der Waals surface area (Å²) in [6, 6.07) is 6.95. The third-order valence-electron chi connectivity index (χ3n) is 2.11. The van der Waals surface area contributed by atoms with Crippen molar-refractivity contribution >= 4 is 26.2 Å². The smallest absolute Gasteiger partial charge is 0.161 e. The average Bonchev–Trinajstić information content (AvgIpc) is 2.27. The molecule has 102 valence electrons. The molecule has 6 nitrogen and oxygen atoms in total. The predicted molar refractivity (Wildman–Crippen MR) is 68.0 cm³/mol. The summed E-state index contributed by atoms with van der Waals surface area (Å²) in [5.41, 5.74) is 0. The minimum atomic E-state index is -4.52. The van der Waals surface area contributed by atoms with Gasteiger partial charge in [0, 0.05) is 18.1 Å². The Hall–Kier alpha value is -0.670. The van der Waals surface area contributed by atoms with Crippen LogP contribution in [0, 0.1) is 0 Å². The molecule has 0 aliphatic rings. The zero-order chi connectivity index (χ0) is 13.8. The van der Waals surface area contributed by atoms with Crippen LogP contribution in [0.2, 0.25) is 0 Å². The summed E-state index contributed by atoms with van der Waals surface area (Å²) < 4.78 is 38.4. The number of ether oxygens (including phenoxy) is 1. The summed E-state index contributed by atoms with van der Waals surface area (Å²) in [5, 5.41) is 9.52. The van der Waals surface area contributed by atoms with Gasteiger partial charge < -0.3 is 14.4 Å². The van der Waals surface area contributed by atoms with Gasteiger partial charge in [-0.15, -0.1) is 0 Å². The van der Waals surface area contributed by atoms with Crippen LogP contribution in [0.5, 0.6) is 5.75 Å². The van der Waals surface area contributed by atoms with Crippen molar-refractivity contribution in [2.45, 2.75) is 6.10 Å². The summed E-state index contributed by atoms with van der Waals surface area (Å²) in [6.07, 6.45) is -1.07. The quantitative estimate of drug-likeness (QED) is 0.766. The zero-order valence-corrected chi connectivity index (χ0v) is 12.0. The Kier molecular flexibility index (Phi) is 5.54. The van der Waals surface area contributed by atoms with Crippen molar-refractivity contribution in [3.05, 3.63) is 28.7 Å². The SMILES string of the molecule is CN(CC(O)COc1ccc(Br)cc1)S(=O)(=O)[O-]. The number of nitrogens with zero attached hydrogens (tertiary/aromatic N) is 1. The van der Waals surface area contributed by atoms with Crippen molar-refractivity contribution in [1.82, 2.24) is 4.31 Å². The molecule has 0 radical (unpaired) electrons. The number of hydrogen-bond acceptors (Lipinski definition) is 5. The van der Waals surface area contributed by atoms with Gasteiger partial charge in [-0.25, -0.2) is 12.7 Å². The first-order valence-electron chi connectivity index (χ1n) is 5.02. The number of benzene rings is 1. The fraction of sp³-hybridized carbons (Fsp3) is 0.400. The van der Waals surface area contributed by atoms with Gasteiger partial charge >= 0.3 is 0 Å². The second-order valence-corrected chi connectivity index (χ2v) is 6.05. The summed E-state index contributed by atoms with van der Waals surface area (Å²) in [4.78, 5) is 0. The molecule has 0 aliphatic heterocycles. The molecule has 0 spiro atoms. The highest BCUT2D eigenvalue weighted by Gasteiger charge is 2.13. The van der Waals surface area contributed by atoms with Crippen molar-refractivity contribution in [3.8, 4) is 5.75 Å². The van der Waals surface area contributed by atoms with E-state index in [9.17, 15) is 18.1 Å². The normalized spacial score (nSPS) is 13.6. The van der Waals surface area contributed by atoms with Crippen molar-refractivity contribution in [3.63, 3.8) is 0 Å². The van der Waals surface area contributed by atoms with Gasteiger partial charge in [0.05, 0.1) is 0 Å². The largest absolute Gasteiger partial charge is 0.735 e. The van der Waals surface area contributed by atoms with E-state index in [-0.39, 0.29) is 13.2 Å². The fourth-order valence-electron chi connectivity index (χ4n) is 1.16. The molecular formula is C10H13BrNO5S-. The van der Waals surface area contributed by atoms with Gasteiger partial charge in [-0.3, -0.25) is 0 Å². The van der Waals surface area contributed by atoms with Crippen LogP contribution < -0.4 is 4.74 Å². The van der Waals surface area contributed by atoms with Gasteiger partial charge in [-0.05, 0) is 24.3 Å². The molecule has 18 heavy (non-hydrogen) atoms. The molecule has 1 aromatic carbocycles. The summed E-state index contributed by atoms with van der Waals surface area (Å²) in [7, 11) is -3.42. The van der Waals surface area contributed by atoms with Gasteiger partial charge in [0.25, 0.3) is 0 Å². The van der Waals surface area contributed by atoms with E-state index in [1.54, 1.807) is 24.3 Å². The first-order chi connectivity index (χ1) is 8.29. The molecule has 1 N–H and O–H groups in total. The highest BCUT2D eigenvalue weighted by Crippen LogP contribution is 2.16. The van der Waals surface area contributed by atoms with Crippen molar-refractivity contribution in [1.29, 1.82) is 0 Å². The van der Waals surface area contributed by atoms with Gasteiger partial charge in [-0.1, -0.05) is 15.9 Å².